The molecule has 2 nitrogen and oxygen atoms in total. The lowest BCUT2D eigenvalue weighted by molar-refractivity contribution is 0.466. The summed E-state index contributed by atoms with van der Waals surface area (Å²) in [4.78, 5) is 0. The van der Waals surface area contributed by atoms with Crippen LogP contribution in [0.5, 0.6) is 11.5 Å². The minimum absolute atomic E-state index is 0. The third-order valence-electron chi connectivity index (χ3n) is 5.27. The lowest BCUT2D eigenvalue weighted by Gasteiger charge is -2.25. The van der Waals surface area contributed by atoms with Gasteiger partial charge in [-0.3, -0.25) is 0 Å². The van der Waals surface area contributed by atoms with Gasteiger partial charge in [-0.1, -0.05) is 12.1 Å². The van der Waals surface area contributed by atoms with Crippen molar-refractivity contribution < 1.29 is 10.2 Å². The van der Waals surface area contributed by atoms with Crippen molar-refractivity contribution in [2.45, 2.75) is 51.4 Å². The highest BCUT2D eigenvalue weighted by Gasteiger charge is 2.24. The smallest absolute Gasteiger partial charge is 0.123 e. The van der Waals surface area contributed by atoms with Crippen LogP contribution in [0.2, 0.25) is 0 Å². The first-order valence-corrected chi connectivity index (χ1v) is 8.43. The first-order chi connectivity index (χ1) is 10.8. The Labute approximate surface area is 144 Å². The monoisotopic (exact) mass is 328 g/mol. The fourth-order valence-electron chi connectivity index (χ4n) is 4.19. The average molecular weight is 328 g/mol. The SMILES string of the molecule is Oc1ccc2c(c1-c1c(O)ccc3c1CCCC3)CCCC2.S. The summed E-state index contributed by atoms with van der Waals surface area (Å²) in [5.41, 5.74) is 6.97. The topological polar surface area (TPSA) is 40.5 Å². The Kier molecular flexibility index (Phi) is 4.58. The minimum Gasteiger partial charge on any atom is -0.507 e. The van der Waals surface area contributed by atoms with Crippen molar-refractivity contribution in [2.75, 3.05) is 0 Å². The van der Waals surface area contributed by atoms with Gasteiger partial charge in [0.1, 0.15) is 11.5 Å². The van der Waals surface area contributed by atoms with E-state index < -0.39 is 0 Å². The van der Waals surface area contributed by atoms with Crippen molar-refractivity contribution in [3.63, 3.8) is 0 Å². The molecular weight excluding hydrogens is 304 g/mol. The maximum absolute atomic E-state index is 10.5. The molecule has 2 aromatic rings. The van der Waals surface area contributed by atoms with Crippen molar-refractivity contribution in [3.05, 3.63) is 46.5 Å². The number of hydrogen-bond acceptors (Lipinski definition) is 2. The number of phenolic OH excluding ortho intramolecular Hbond substituents is 2. The van der Waals surface area contributed by atoms with E-state index in [1.165, 1.54) is 47.9 Å². The number of phenols is 2. The molecule has 0 aromatic heterocycles. The number of rotatable bonds is 1. The van der Waals surface area contributed by atoms with Crippen LogP contribution in [-0.2, 0) is 25.7 Å². The van der Waals surface area contributed by atoms with Gasteiger partial charge in [0, 0.05) is 11.1 Å². The van der Waals surface area contributed by atoms with Gasteiger partial charge in [0.15, 0.2) is 0 Å². The van der Waals surface area contributed by atoms with E-state index >= 15 is 0 Å². The predicted octanol–water partition coefficient (Wildman–Crippen LogP) is 4.64. The molecule has 0 heterocycles. The second-order valence-corrected chi connectivity index (χ2v) is 6.61. The van der Waals surface area contributed by atoms with Gasteiger partial charge in [0.2, 0.25) is 0 Å². The van der Waals surface area contributed by atoms with Crippen molar-refractivity contribution in [2.24, 2.45) is 0 Å². The Balaban J connectivity index is 0.00000156. The Hall–Kier alpha value is -1.61. The molecule has 2 aromatic carbocycles. The molecule has 2 N–H and O–H groups in total. The zero-order chi connectivity index (χ0) is 15.1. The highest BCUT2D eigenvalue weighted by molar-refractivity contribution is 7.59. The number of hydrogen-bond donors (Lipinski definition) is 2. The molecule has 0 amide bonds. The van der Waals surface area contributed by atoms with E-state index in [1.54, 1.807) is 12.1 Å². The van der Waals surface area contributed by atoms with Gasteiger partial charge < -0.3 is 10.2 Å². The van der Waals surface area contributed by atoms with Gasteiger partial charge in [-0.15, -0.1) is 0 Å². The summed E-state index contributed by atoms with van der Waals surface area (Å²) in [5, 5.41) is 21.1. The van der Waals surface area contributed by atoms with E-state index in [0.29, 0.717) is 11.5 Å². The molecule has 4 rings (SSSR count). The molecule has 0 saturated heterocycles. The number of benzene rings is 2. The molecule has 0 fully saturated rings. The molecular formula is C20H24O2S. The molecule has 0 aliphatic heterocycles. The van der Waals surface area contributed by atoms with E-state index in [4.69, 9.17) is 0 Å². The first kappa shape index (κ1) is 16.3. The van der Waals surface area contributed by atoms with Crippen molar-refractivity contribution in [1.82, 2.24) is 0 Å². The normalized spacial score (nSPS) is 16.2. The largest absolute Gasteiger partial charge is 0.507 e. The highest BCUT2D eigenvalue weighted by atomic mass is 32.1. The maximum atomic E-state index is 10.5. The Morgan fingerprint density at radius 3 is 1.39 bits per heavy atom. The summed E-state index contributed by atoms with van der Waals surface area (Å²) >= 11 is 0. The van der Waals surface area contributed by atoms with E-state index in [-0.39, 0.29) is 13.5 Å². The van der Waals surface area contributed by atoms with Crippen LogP contribution in [0.25, 0.3) is 11.1 Å². The molecule has 23 heavy (non-hydrogen) atoms. The lowest BCUT2D eigenvalue weighted by Crippen LogP contribution is -2.08. The van der Waals surface area contributed by atoms with Crippen molar-refractivity contribution >= 4 is 13.5 Å². The molecule has 2 aliphatic rings. The van der Waals surface area contributed by atoms with Crippen LogP contribution in [0.4, 0.5) is 0 Å². The molecule has 3 heteroatoms. The van der Waals surface area contributed by atoms with Crippen LogP contribution in [0.15, 0.2) is 24.3 Å². The summed E-state index contributed by atoms with van der Waals surface area (Å²) < 4.78 is 0. The summed E-state index contributed by atoms with van der Waals surface area (Å²) in [7, 11) is 0. The molecule has 0 unspecified atom stereocenters. The molecule has 0 atom stereocenters. The van der Waals surface area contributed by atoms with Crippen LogP contribution >= 0.6 is 13.5 Å². The fraction of sp³-hybridized carbons (Fsp3) is 0.400. The van der Waals surface area contributed by atoms with Crippen molar-refractivity contribution in [1.29, 1.82) is 0 Å². The molecule has 0 bridgehead atoms. The van der Waals surface area contributed by atoms with E-state index in [0.717, 1.165) is 36.8 Å². The summed E-state index contributed by atoms with van der Waals surface area (Å²) in [6, 6.07) is 7.72. The van der Waals surface area contributed by atoms with Crippen molar-refractivity contribution in [3.8, 4) is 22.6 Å². The highest BCUT2D eigenvalue weighted by Crippen LogP contribution is 2.45. The van der Waals surface area contributed by atoms with E-state index in [9.17, 15) is 10.2 Å². The van der Waals surface area contributed by atoms with Crippen LogP contribution in [-0.4, -0.2) is 10.2 Å². The second-order valence-electron chi connectivity index (χ2n) is 6.61. The predicted molar refractivity (Wildman–Crippen MR) is 98.9 cm³/mol. The zero-order valence-electron chi connectivity index (χ0n) is 13.4. The standard InChI is InChI=1S/C20H22O2.H2S/c21-17-11-9-13-5-1-3-7-15(13)19(17)20-16-8-4-2-6-14(16)10-12-18(20)22;/h9-12,21-22H,1-8H2;1H2. The molecule has 122 valence electrons. The minimum atomic E-state index is 0. The average Bonchev–Trinajstić information content (AvgIpc) is 2.56. The second kappa shape index (κ2) is 6.48. The van der Waals surface area contributed by atoms with Crippen LogP contribution in [0, 0.1) is 0 Å². The molecule has 0 saturated carbocycles. The third kappa shape index (κ3) is 2.72. The van der Waals surface area contributed by atoms with Crippen LogP contribution in [0.1, 0.15) is 47.9 Å². The van der Waals surface area contributed by atoms with Gasteiger partial charge in [-0.2, -0.15) is 13.5 Å². The van der Waals surface area contributed by atoms with E-state index in [1.807, 2.05) is 0 Å². The quantitative estimate of drug-likeness (QED) is 0.801. The van der Waals surface area contributed by atoms with Gasteiger partial charge in [-0.25, -0.2) is 0 Å². The summed E-state index contributed by atoms with van der Waals surface area (Å²) in [6.07, 6.45) is 8.94. The number of aromatic hydroxyl groups is 2. The Bertz CT molecular complexity index is 673. The summed E-state index contributed by atoms with van der Waals surface area (Å²) in [5.74, 6) is 0.629. The lowest BCUT2D eigenvalue weighted by atomic mass is 9.80. The van der Waals surface area contributed by atoms with E-state index in [2.05, 4.69) is 12.1 Å². The Morgan fingerprint density at radius 2 is 0.957 bits per heavy atom. The summed E-state index contributed by atoms with van der Waals surface area (Å²) in [6.45, 7) is 0. The molecule has 0 radical (unpaired) electrons. The maximum Gasteiger partial charge on any atom is 0.123 e. The number of fused-ring (bicyclic) bond motifs is 2. The third-order valence-corrected chi connectivity index (χ3v) is 5.27. The first-order valence-electron chi connectivity index (χ1n) is 8.43. The Morgan fingerprint density at radius 1 is 0.565 bits per heavy atom. The van der Waals surface area contributed by atoms with Crippen LogP contribution < -0.4 is 0 Å². The van der Waals surface area contributed by atoms with Gasteiger partial charge in [-0.05, 0) is 85.8 Å². The van der Waals surface area contributed by atoms with Gasteiger partial charge in [0.25, 0.3) is 0 Å². The van der Waals surface area contributed by atoms with Gasteiger partial charge >= 0.3 is 0 Å². The van der Waals surface area contributed by atoms with Crippen LogP contribution in [0.3, 0.4) is 0 Å². The van der Waals surface area contributed by atoms with Gasteiger partial charge in [0.05, 0.1) is 0 Å². The molecule has 2 aliphatic carbocycles. The number of aryl methyl sites for hydroxylation is 2. The zero-order valence-corrected chi connectivity index (χ0v) is 14.4. The molecule has 0 spiro atoms. The fourth-order valence-corrected chi connectivity index (χ4v) is 4.19.